The van der Waals surface area contributed by atoms with Gasteiger partial charge in [0.2, 0.25) is 0 Å². The summed E-state index contributed by atoms with van der Waals surface area (Å²) in [5.41, 5.74) is 2.90. The Hall–Kier alpha value is -4.92. The highest BCUT2D eigenvalue weighted by Crippen LogP contribution is 2.28. The molecule has 4 aromatic rings. The smallest absolute Gasteiger partial charge is 0.291 e. The van der Waals surface area contributed by atoms with Gasteiger partial charge >= 0.3 is 0 Å². The minimum atomic E-state index is -0.452. The molecule has 1 fully saturated rings. The maximum atomic E-state index is 13.7. The van der Waals surface area contributed by atoms with Crippen LogP contribution in [0.25, 0.3) is 0 Å². The predicted molar refractivity (Wildman–Crippen MR) is 150 cm³/mol. The number of piperazine rings is 1. The van der Waals surface area contributed by atoms with Crippen molar-refractivity contribution < 1.29 is 23.2 Å². The minimum Gasteiger partial charge on any atom is -0.459 e. The van der Waals surface area contributed by atoms with E-state index < -0.39 is 11.7 Å². The summed E-state index contributed by atoms with van der Waals surface area (Å²) in [7, 11) is 1.74. The molecule has 1 aromatic heterocycles. The van der Waals surface area contributed by atoms with Gasteiger partial charge in [-0.15, -0.1) is 0 Å². The fourth-order valence-electron chi connectivity index (χ4n) is 4.75. The lowest BCUT2D eigenvalue weighted by molar-refractivity contribution is 0.0742. The maximum Gasteiger partial charge on any atom is 0.291 e. The summed E-state index contributed by atoms with van der Waals surface area (Å²) in [5.74, 6) is -1.14. The van der Waals surface area contributed by atoms with Crippen LogP contribution in [-0.2, 0) is 6.54 Å². The molecule has 0 aliphatic carbocycles. The van der Waals surface area contributed by atoms with E-state index in [9.17, 15) is 18.8 Å². The third-order valence-electron chi connectivity index (χ3n) is 6.82. The molecule has 3 aromatic carbocycles. The first-order chi connectivity index (χ1) is 19.4. The number of hydrogen-bond donors (Lipinski definition) is 1. The Bertz CT molecular complexity index is 1500. The SMILES string of the molecule is CN(Cc1ccccc1)C(=O)c1cc(NC(=O)c2ccco2)ccc1N1CCN(C(=O)c2cccc(F)c2)CC1. The highest BCUT2D eigenvalue weighted by Gasteiger charge is 2.26. The zero-order valence-electron chi connectivity index (χ0n) is 22.0. The van der Waals surface area contributed by atoms with E-state index >= 15 is 0 Å². The molecule has 9 heteroatoms. The van der Waals surface area contributed by atoms with Crippen LogP contribution in [0.5, 0.6) is 0 Å². The predicted octanol–water partition coefficient (Wildman–Crippen LogP) is 4.91. The first-order valence-corrected chi connectivity index (χ1v) is 13.0. The van der Waals surface area contributed by atoms with Gasteiger partial charge in [-0.05, 0) is 54.1 Å². The van der Waals surface area contributed by atoms with E-state index in [4.69, 9.17) is 4.42 Å². The highest BCUT2D eigenvalue weighted by atomic mass is 19.1. The molecule has 5 rings (SSSR count). The van der Waals surface area contributed by atoms with Gasteiger partial charge in [0, 0.05) is 56.7 Å². The van der Waals surface area contributed by atoms with Gasteiger partial charge in [0.05, 0.1) is 11.8 Å². The molecule has 1 aliphatic heterocycles. The number of carbonyl (C=O) groups is 3. The van der Waals surface area contributed by atoms with Crippen LogP contribution in [-0.4, -0.2) is 60.7 Å². The van der Waals surface area contributed by atoms with Crippen LogP contribution in [0.1, 0.15) is 36.8 Å². The average Bonchev–Trinajstić information content (AvgIpc) is 3.53. The van der Waals surface area contributed by atoms with Crippen LogP contribution in [0.4, 0.5) is 15.8 Å². The number of benzene rings is 3. The molecule has 0 unspecified atom stereocenters. The average molecular weight is 541 g/mol. The lowest BCUT2D eigenvalue weighted by Crippen LogP contribution is -2.49. The van der Waals surface area contributed by atoms with Crippen molar-refractivity contribution in [2.24, 2.45) is 0 Å². The molecule has 1 saturated heterocycles. The van der Waals surface area contributed by atoms with E-state index in [0.717, 1.165) is 5.56 Å². The van der Waals surface area contributed by atoms with Crippen LogP contribution in [0.15, 0.2) is 95.6 Å². The zero-order valence-corrected chi connectivity index (χ0v) is 22.0. The first kappa shape index (κ1) is 26.7. The number of nitrogens with zero attached hydrogens (tertiary/aromatic N) is 3. The van der Waals surface area contributed by atoms with Gasteiger partial charge in [-0.3, -0.25) is 14.4 Å². The first-order valence-electron chi connectivity index (χ1n) is 13.0. The molecule has 0 spiro atoms. The third kappa shape index (κ3) is 6.04. The number of hydrogen-bond acceptors (Lipinski definition) is 5. The number of nitrogens with one attached hydrogen (secondary N) is 1. The summed E-state index contributed by atoms with van der Waals surface area (Å²) in [5, 5.41) is 2.80. The van der Waals surface area contributed by atoms with Crippen molar-refractivity contribution in [1.82, 2.24) is 9.80 Å². The Morgan fingerprint density at radius 2 is 1.68 bits per heavy atom. The van der Waals surface area contributed by atoms with Crippen molar-refractivity contribution in [2.75, 3.05) is 43.4 Å². The van der Waals surface area contributed by atoms with E-state index in [1.165, 1.54) is 24.5 Å². The molecule has 40 heavy (non-hydrogen) atoms. The monoisotopic (exact) mass is 540 g/mol. The second-order valence-corrected chi connectivity index (χ2v) is 9.60. The van der Waals surface area contributed by atoms with Crippen molar-refractivity contribution in [1.29, 1.82) is 0 Å². The molecule has 0 saturated carbocycles. The van der Waals surface area contributed by atoms with E-state index in [1.54, 1.807) is 47.2 Å². The summed E-state index contributed by atoms with van der Waals surface area (Å²) >= 11 is 0. The Labute approximate surface area is 231 Å². The van der Waals surface area contributed by atoms with Crippen molar-refractivity contribution >= 4 is 29.1 Å². The molecule has 0 bridgehead atoms. The normalized spacial score (nSPS) is 13.2. The number of rotatable bonds is 7. The standard InChI is InChI=1S/C31H29FN4O4/c1-34(21-22-7-3-2-4-8-22)31(39)26-20-25(33-29(37)28-11-6-18-40-28)12-13-27(26)35-14-16-36(17-15-35)30(38)23-9-5-10-24(32)19-23/h2-13,18-20H,14-17,21H2,1H3,(H,33,37). The fraction of sp³-hybridized carbons (Fsp3) is 0.194. The molecule has 0 atom stereocenters. The summed E-state index contributed by atoms with van der Waals surface area (Å²) in [4.78, 5) is 44.6. The van der Waals surface area contributed by atoms with Crippen LogP contribution < -0.4 is 10.2 Å². The molecular formula is C31H29FN4O4. The second-order valence-electron chi connectivity index (χ2n) is 9.60. The lowest BCUT2D eigenvalue weighted by Gasteiger charge is -2.37. The van der Waals surface area contributed by atoms with Crippen LogP contribution in [0.2, 0.25) is 0 Å². The van der Waals surface area contributed by atoms with Crippen LogP contribution in [0, 0.1) is 5.82 Å². The Balaban J connectivity index is 1.36. The summed E-state index contributed by atoms with van der Waals surface area (Å²) in [6.07, 6.45) is 1.42. The Morgan fingerprint density at radius 1 is 0.900 bits per heavy atom. The summed E-state index contributed by atoms with van der Waals surface area (Å²) < 4.78 is 18.8. The molecule has 3 amide bonds. The fourth-order valence-corrected chi connectivity index (χ4v) is 4.75. The van der Waals surface area contributed by atoms with Gasteiger partial charge in [-0.1, -0.05) is 36.4 Å². The van der Waals surface area contributed by atoms with Gasteiger partial charge < -0.3 is 24.4 Å². The van der Waals surface area contributed by atoms with Gasteiger partial charge in [-0.25, -0.2) is 4.39 Å². The van der Waals surface area contributed by atoms with E-state index in [1.807, 2.05) is 36.4 Å². The molecule has 0 radical (unpaired) electrons. The number of furan rings is 1. The third-order valence-corrected chi connectivity index (χ3v) is 6.82. The Morgan fingerprint density at radius 3 is 2.38 bits per heavy atom. The summed E-state index contributed by atoms with van der Waals surface area (Å²) in [6.45, 7) is 2.22. The lowest BCUT2D eigenvalue weighted by atomic mass is 10.1. The Kier molecular flexibility index (Phi) is 7.91. The molecule has 8 nitrogen and oxygen atoms in total. The number of halogens is 1. The van der Waals surface area contributed by atoms with Gasteiger partial charge in [0.15, 0.2) is 5.76 Å². The quantitative estimate of drug-likeness (QED) is 0.360. The van der Waals surface area contributed by atoms with Crippen molar-refractivity contribution in [3.8, 4) is 0 Å². The molecule has 1 aliphatic rings. The van der Waals surface area contributed by atoms with E-state index in [2.05, 4.69) is 10.2 Å². The largest absolute Gasteiger partial charge is 0.459 e. The maximum absolute atomic E-state index is 13.7. The van der Waals surface area contributed by atoms with Crippen molar-refractivity contribution in [3.63, 3.8) is 0 Å². The second kappa shape index (κ2) is 11.9. The number of amides is 3. The summed E-state index contributed by atoms with van der Waals surface area (Å²) in [6, 6.07) is 23.8. The topological polar surface area (TPSA) is 86.1 Å². The molecule has 2 heterocycles. The highest BCUT2D eigenvalue weighted by molar-refractivity contribution is 6.05. The molecule has 1 N–H and O–H groups in total. The zero-order chi connectivity index (χ0) is 28.1. The molecule has 204 valence electrons. The van der Waals surface area contributed by atoms with Crippen molar-refractivity contribution in [3.05, 3.63) is 119 Å². The van der Waals surface area contributed by atoms with Crippen LogP contribution in [0.3, 0.4) is 0 Å². The number of carbonyl (C=O) groups excluding carboxylic acids is 3. The van der Waals surface area contributed by atoms with E-state index in [-0.39, 0.29) is 17.6 Å². The van der Waals surface area contributed by atoms with Crippen molar-refractivity contribution in [2.45, 2.75) is 6.54 Å². The van der Waals surface area contributed by atoms with Gasteiger partial charge in [0.1, 0.15) is 5.82 Å². The van der Waals surface area contributed by atoms with Gasteiger partial charge in [0.25, 0.3) is 17.7 Å². The number of anilines is 2. The van der Waals surface area contributed by atoms with E-state index in [0.29, 0.717) is 55.2 Å². The van der Waals surface area contributed by atoms with Crippen LogP contribution >= 0.6 is 0 Å². The molecular weight excluding hydrogens is 511 g/mol. The minimum absolute atomic E-state index is 0.164. The van der Waals surface area contributed by atoms with Gasteiger partial charge in [-0.2, -0.15) is 0 Å².